The quantitative estimate of drug-likeness (QED) is 0.841. The highest BCUT2D eigenvalue weighted by atomic mass is 16.5. The first-order valence-corrected chi connectivity index (χ1v) is 9.65. The van der Waals surface area contributed by atoms with E-state index in [1.807, 2.05) is 23.0 Å². The topological polar surface area (TPSA) is 79.6 Å². The minimum absolute atomic E-state index is 0.0331. The van der Waals surface area contributed by atoms with E-state index < -0.39 is 0 Å². The lowest BCUT2D eigenvalue weighted by atomic mass is 9.82. The first-order valence-electron chi connectivity index (χ1n) is 9.65. The molecule has 1 amide bonds. The number of ether oxygens (including phenoxy) is 1. The van der Waals surface area contributed by atoms with Gasteiger partial charge >= 0.3 is 0 Å². The molecule has 1 aliphatic carbocycles. The van der Waals surface area contributed by atoms with Crippen molar-refractivity contribution in [2.75, 3.05) is 38.2 Å². The number of fused-ring (bicyclic) bond motifs is 1. The second-order valence-corrected chi connectivity index (χ2v) is 7.23. The van der Waals surface area contributed by atoms with E-state index in [1.54, 1.807) is 12.3 Å². The Balaban J connectivity index is 1.37. The van der Waals surface area contributed by atoms with Gasteiger partial charge in [0, 0.05) is 25.8 Å². The highest BCUT2D eigenvalue weighted by Crippen LogP contribution is 2.36. The Morgan fingerprint density at radius 3 is 3.00 bits per heavy atom. The van der Waals surface area contributed by atoms with E-state index in [2.05, 4.69) is 15.3 Å². The van der Waals surface area contributed by atoms with Crippen LogP contribution in [0.4, 0.5) is 5.69 Å². The number of nitrogens with one attached hydrogen (secondary N) is 1. The van der Waals surface area contributed by atoms with Gasteiger partial charge in [0.2, 0.25) is 5.91 Å². The van der Waals surface area contributed by atoms with E-state index in [0.717, 1.165) is 69.8 Å². The lowest BCUT2D eigenvalue weighted by molar-refractivity contribution is -0.117. The smallest absolute Gasteiger partial charge is 0.232 e. The average molecular weight is 370 g/mol. The van der Waals surface area contributed by atoms with Gasteiger partial charge in [-0.15, -0.1) is 0 Å². The van der Waals surface area contributed by atoms with Crippen molar-refractivity contribution >= 4 is 11.6 Å². The standard InChI is InChI=1S/C20H26N4O3/c25-19-6-2-3-16-17(19)4-1-5-18(16)20(26)22-15-13-21-24(14-15)8-7-23-9-11-27-12-10-23/h2-3,6,13-14,18,25H,1,4-5,7-12H2,(H,22,26). The van der Waals surface area contributed by atoms with Crippen LogP contribution in [0.5, 0.6) is 5.75 Å². The number of hydrogen-bond acceptors (Lipinski definition) is 5. The molecular weight excluding hydrogens is 344 g/mol. The molecule has 0 radical (unpaired) electrons. The van der Waals surface area contributed by atoms with E-state index in [9.17, 15) is 9.90 Å². The molecule has 2 heterocycles. The molecule has 0 bridgehead atoms. The van der Waals surface area contributed by atoms with Gasteiger partial charge in [0.15, 0.2) is 0 Å². The van der Waals surface area contributed by atoms with Crippen molar-refractivity contribution in [3.8, 4) is 5.75 Å². The fourth-order valence-corrected chi connectivity index (χ4v) is 3.95. The minimum atomic E-state index is -0.224. The summed E-state index contributed by atoms with van der Waals surface area (Å²) >= 11 is 0. The third-order valence-electron chi connectivity index (χ3n) is 5.45. The molecule has 1 aromatic heterocycles. The van der Waals surface area contributed by atoms with Crippen molar-refractivity contribution in [1.82, 2.24) is 14.7 Å². The molecule has 1 fully saturated rings. The van der Waals surface area contributed by atoms with Crippen molar-refractivity contribution in [3.63, 3.8) is 0 Å². The number of carbonyl (C=O) groups excluding carboxylic acids is 1. The normalized spacial score (nSPS) is 20.2. The van der Waals surface area contributed by atoms with E-state index in [4.69, 9.17) is 4.74 Å². The molecule has 7 heteroatoms. The zero-order chi connectivity index (χ0) is 18.6. The number of rotatable bonds is 5. The van der Waals surface area contributed by atoms with Crippen molar-refractivity contribution in [2.45, 2.75) is 31.7 Å². The maximum atomic E-state index is 12.8. The predicted octanol–water partition coefficient (Wildman–Crippen LogP) is 1.98. The number of aromatic nitrogens is 2. The predicted molar refractivity (Wildman–Crippen MR) is 102 cm³/mol. The highest BCUT2D eigenvalue weighted by molar-refractivity contribution is 5.96. The Kier molecular flexibility index (Phi) is 5.40. The van der Waals surface area contributed by atoms with Crippen molar-refractivity contribution < 1.29 is 14.6 Å². The monoisotopic (exact) mass is 370 g/mol. The zero-order valence-electron chi connectivity index (χ0n) is 15.4. The lowest BCUT2D eigenvalue weighted by Gasteiger charge is -2.26. The SMILES string of the molecule is O=C(Nc1cnn(CCN2CCOCC2)c1)C1CCCc2c(O)cccc21. The lowest BCUT2D eigenvalue weighted by Crippen LogP contribution is -2.38. The summed E-state index contributed by atoms with van der Waals surface area (Å²) in [5, 5.41) is 17.4. The summed E-state index contributed by atoms with van der Waals surface area (Å²) in [7, 11) is 0. The van der Waals surface area contributed by atoms with E-state index >= 15 is 0 Å². The number of anilines is 1. The van der Waals surface area contributed by atoms with Crippen LogP contribution in [-0.4, -0.2) is 58.5 Å². The number of phenolic OH excluding ortho intramolecular Hbond substituents is 1. The van der Waals surface area contributed by atoms with Gasteiger partial charge < -0.3 is 15.2 Å². The molecule has 27 heavy (non-hydrogen) atoms. The number of hydrogen-bond donors (Lipinski definition) is 2. The Hall–Kier alpha value is -2.38. The Labute approximate surface area is 158 Å². The van der Waals surface area contributed by atoms with Crippen LogP contribution in [0.2, 0.25) is 0 Å². The molecule has 1 aliphatic heterocycles. The number of nitrogens with zero attached hydrogens (tertiary/aromatic N) is 3. The summed E-state index contributed by atoms with van der Waals surface area (Å²) in [4.78, 5) is 15.2. The second-order valence-electron chi connectivity index (χ2n) is 7.23. The molecule has 2 aromatic rings. The maximum Gasteiger partial charge on any atom is 0.232 e. The molecular formula is C20H26N4O3. The fourth-order valence-electron chi connectivity index (χ4n) is 3.95. The van der Waals surface area contributed by atoms with Crippen LogP contribution in [-0.2, 0) is 22.5 Å². The molecule has 2 aliphatic rings. The summed E-state index contributed by atoms with van der Waals surface area (Å²) < 4.78 is 7.23. The van der Waals surface area contributed by atoms with Crippen molar-refractivity contribution in [1.29, 1.82) is 0 Å². The largest absolute Gasteiger partial charge is 0.508 e. The van der Waals surface area contributed by atoms with Gasteiger partial charge in [-0.05, 0) is 36.5 Å². The number of morpholine rings is 1. The summed E-state index contributed by atoms with van der Waals surface area (Å²) in [5.41, 5.74) is 2.57. The summed E-state index contributed by atoms with van der Waals surface area (Å²) in [6.45, 7) is 5.21. The molecule has 1 aromatic carbocycles. The van der Waals surface area contributed by atoms with Crippen LogP contribution in [0.3, 0.4) is 0 Å². The molecule has 144 valence electrons. The van der Waals surface area contributed by atoms with Crippen molar-refractivity contribution in [2.24, 2.45) is 0 Å². The maximum absolute atomic E-state index is 12.8. The van der Waals surface area contributed by atoms with Gasteiger partial charge in [-0.3, -0.25) is 14.4 Å². The summed E-state index contributed by atoms with van der Waals surface area (Å²) in [6.07, 6.45) is 6.11. The molecule has 1 atom stereocenters. The first-order chi connectivity index (χ1) is 13.2. The van der Waals surface area contributed by atoms with Crippen LogP contribution < -0.4 is 5.32 Å². The first kappa shape index (κ1) is 18.0. The molecule has 7 nitrogen and oxygen atoms in total. The van der Waals surface area contributed by atoms with Crippen LogP contribution in [0, 0.1) is 0 Å². The van der Waals surface area contributed by atoms with Gasteiger partial charge in [0.1, 0.15) is 5.75 Å². The number of aromatic hydroxyl groups is 1. The Morgan fingerprint density at radius 1 is 1.30 bits per heavy atom. The number of benzene rings is 1. The second kappa shape index (κ2) is 8.10. The van der Waals surface area contributed by atoms with Gasteiger partial charge in [0.25, 0.3) is 0 Å². The van der Waals surface area contributed by atoms with E-state index in [1.165, 1.54) is 0 Å². The number of amides is 1. The van der Waals surface area contributed by atoms with Gasteiger partial charge in [-0.25, -0.2) is 0 Å². The minimum Gasteiger partial charge on any atom is -0.508 e. The Bertz CT molecular complexity index is 798. The number of phenols is 1. The molecule has 4 rings (SSSR count). The van der Waals surface area contributed by atoms with Crippen LogP contribution in [0.1, 0.15) is 29.9 Å². The third kappa shape index (κ3) is 4.14. The number of carbonyl (C=O) groups is 1. The van der Waals surface area contributed by atoms with Gasteiger partial charge in [0.05, 0.1) is 37.6 Å². The van der Waals surface area contributed by atoms with Gasteiger partial charge in [-0.2, -0.15) is 5.10 Å². The molecule has 0 saturated carbocycles. The third-order valence-corrected chi connectivity index (χ3v) is 5.45. The molecule has 1 saturated heterocycles. The van der Waals surface area contributed by atoms with Crippen molar-refractivity contribution in [3.05, 3.63) is 41.7 Å². The Morgan fingerprint density at radius 2 is 2.15 bits per heavy atom. The average Bonchev–Trinajstić information content (AvgIpc) is 3.14. The summed E-state index contributed by atoms with van der Waals surface area (Å²) in [5.74, 6) is 0.0350. The molecule has 2 N–H and O–H groups in total. The van der Waals surface area contributed by atoms with Gasteiger partial charge in [-0.1, -0.05) is 12.1 Å². The van der Waals surface area contributed by atoms with Crippen LogP contribution in [0.25, 0.3) is 0 Å². The molecule has 1 unspecified atom stereocenters. The fraction of sp³-hybridized carbons (Fsp3) is 0.500. The highest BCUT2D eigenvalue weighted by Gasteiger charge is 2.28. The van der Waals surface area contributed by atoms with E-state index in [0.29, 0.717) is 11.4 Å². The molecule has 0 spiro atoms. The summed E-state index contributed by atoms with van der Waals surface area (Å²) in [6, 6.07) is 5.45. The van der Waals surface area contributed by atoms with E-state index in [-0.39, 0.29) is 11.8 Å². The van der Waals surface area contributed by atoms with Crippen LogP contribution >= 0.6 is 0 Å². The zero-order valence-corrected chi connectivity index (χ0v) is 15.4. The van der Waals surface area contributed by atoms with Crippen LogP contribution in [0.15, 0.2) is 30.6 Å².